The summed E-state index contributed by atoms with van der Waals surface area (Å²) in [5.74, 6) is 0. The summed E-state index contributed by atoms with van der Waals surface area (Å²) in [6, 6.07) is 5.28. The van der Waals surface area contributed by atoms with Crippen LogP contribution in [0.4, 0.5) is 0 Å². The Balaban J connectivity index is 2.21. The van der Waals surface area contributed by atoms with E-state index in [4.69, 9.17) is 0 Å². The fraction of sp³-hybridized carbons (Fsp3) is 0.500. The molecule has 1 aliphatic heterocycles. The van der Waals surface area contributed by atoms with Crippen molar-refractivity contribution in [2.45, 2.75) is 30.7 Å². The van der Waals surface area contributed by atoms with Crippen LogP contribution in [0.25, 0.3) is 0 Å². The Morgan fingerprint density at radius 1 is 1.44 bits per heavy atom. The van der Waals surface area contributed by atoms with Gasteiger partial charge in [-0.05, 0) is 44.0 Å². The molecule has 1 aromatic rings. The monoisotopic (exact) mass is 332 g/mol. The quantitative estimate of drug-likeness (QED) is 0.887. The first kappa shape index (κ1) is 14.0. The summed E-state index contributed by atoms with van der Waals surface area (Å²) in [7, 11) is -3.43. The molecule has 1 aliphatic rings. The largest absolute Gasteiger partial charge is 0.315 e. The number of rotatable bonds is 3. The number of benzene rings is 1. The van der Waals surface area contributed by atoms with E-state index in [0.29, 0.717) is 11.4 Å². The van der Waals surface area contributed by atoms with Crippen LogP contribution in [-0.2, 0) is 10.0 Å². The normalized spacial score (nSPS) is 20.9. The maximum Gasteiger partial charge on any atom is 0.241 e. The molecule has 1 aromatic carbocycles. The molecular formula is C12H17BrN2O2S. The smallest absolute Gasteiger partial charge is 0.241 e. The lowest BCUT2D eigenvalue weighted by Crippen LogP contribution is -2.45. The van der Waals surface area contributed by atoms with Crippen molar-refractivity contribution in [2.75, 3.05) is 13.1 Å². The van der Waals surface area contributed by atoms with Crippen LogP contribution in [0.3, 0.4) is 0 Å². The number of halogens is 1. The average Bonchev–Trinajstić information content (AvgIpc) is 2.33. The first-order chi connectivity index (χ1) is 8.49. The van der Waals surface area contributed by atoms with Gasteiger partial charge in [0, 0.05) is 17.1 Å². The predicted molar refractivity (Wildman–Crippen MR) is 75.1 cm³/mol. The molecule has 0 amide bonds. The molecule has 0 spiro atoms. The van der Waals surface area contributed by atoms with Crippen molar-refractivity contribution in [3.63, 3.8) is 0 Å². The van der Waals surface area contributed by atoms with Gasteiger partial charge in [0.25, 0.3) is 0 Å². The molecule has 4 nitrogen and oxygen atoms in total. The molecule has 2 N–H and O–H groups in total. The first-order valence-corrected chi connectivity index (χ1v) is 8.26. The molecule has 0 radical (unpaired) electrons. The molecule has 6 heteroatoms. The molecule has 1 heterocycles. The Hall–Kier alpha value is -0.430. The van der Waals surface area contributed by atoms with Gasteiger partial charge in [-0.3, -0.25) is 0 Å². The predicted octanol–water partition coefficient (Wildman–Crippen LogP) is 1.79. The van der Waals surface area contributed by atoms with E-state index in [1.165, 1.54) is 0 Å². The molecule has 18 heavy (non-hydrogen) atoms. The summed E-state index contributed by atoms with van der Waals surface area (Å²) in [6.07, 6.45) is 1.89. The van der Waals surface area contributed by atoms with Crippen molar-refractivity contribution < 1.29 is 8.42 Å². The van der Waals surface area contributed by atoms with Crippen molar-refractivity contribution in [2.24, 2.45) is 0 Å². The number of piperidine rings is 1. The third-order valence-electron chi connectivity index (χ3n) is 3.06. The first-order valence-electron chi connectivity index (χ1n) is 5.98. The van der Waals surface area contributed by atoms with E-state index in [0.717, 1.165) is 29.4 Å². The Morgan fingerprint density at radius 3 is 2.89 bits per heavy atom. The lowest BCUT2D eigenvalue weighted by atomic mass is 10.1. The van der Waals surface area contributed by atoms with Gasteiger partial charge in [-0.1, -0.05) is 22.0 Å². The summed E-state index contributed by atoms with van der Waals surface area (Å²) < 4.78 is 28.2. The van der Waals surface area contributed by atoms with Gasteiger partial charge in [0.05, 0.1) is 4.90 Å². The highest BCUT2D eigenvalue weighted by Gasteiger charge is 2.23. The van der Waals surface area contributed by atoms with E-state index < -0.39 is 10.0 Å². The van der Waals surface area contributed by atoms with E-state index in [1.54, 1.807) is 19.1 Å². The molecule has 0 unspecified atom stereocenters. The highest BCUT2D eigenvalue weighted by Crippen LogP contribution is 2.21. The zero-order chi connectivity index (χ0) is 13.2. The van der Waals surface area contributed by atoms with Crippen LogP contribution in [0.1, 0.15) is 18.4 Å². The number of hydrogen-bond acceptors (Lipinski definition) is 3. The van der Waals surface area contributed by atoms with Crippen molar-refractivity contribution in [3.8, 4) is 0 Å². The van der Waals surface area contributed by atoms with Gasteiger partial charge in [0.1, 0.15) is 0 Å². The van der Waals surface area contributed by atoms with E-state index in [9.17, 15) is 8.42 Å². The average molecular weight is 333 g/mol. The second-order valence-corrected chi connectivity index (χ2v) is 7.17. The van der Waals surface area contributed by atoms with Crippen molar-refractivity contribution in [3.05, 3.63) is 28.2 Å². The van der Waals surface area contributed by atoms with Crippen LogP contribution in [0.5, 0.6) is 0 Å². The Labute approximate surface area is 116 Å². The summed E-state index contributed by atoms with van der Waals surface area (Å²) in [6.45, 7) is 3.47. The summed E-state index contributed by atoms with van der Waals surface area (Å²) in [4.78, 5) is 0.349. The fourth-order valence-corrected chi connectivity index (χ4v) is 4.15. The lowest BCUT2D eigenvalue weighted by molar-refractivity contribution is 0.428. The third-order valence-corrected chi connectivity index (χ3v) is 5.21. The zero-order valence-corrected chi connectivity index (χ0v) is 12.6. The topological polar surface area (TPSA) is 58.2 Å². The van der Waals surface area contributed by atoms with Gasteiger partial charge in [-0.25, -0.2) is 13.1 Å². The van der Waals surface area contributed by atoms with E-state index in [-0.39, 0.29) is 6.04 Å². The Kier molecular flexibility index (Phi) is 4.42. The summed E-state index contributed by atoms with van der Waals surface area (Å²) >= 11 is 3.31. The van der Waals surface area contributed by atoms with Crippen LogP contribution in [0.15, 0.2) is 27.6 Å². The zero-order valence-electron chi connectivity index (χ0n) is 10.2. The highest BCUT2D eigenvalue weighted by atomic mass is 79.9. The van der Waals surface area contributed by atoms with Gasteiger partial charge in [-0.2, -0.15) is 0 Å². The van der Waals surface area contributed by atoms with Crippen LogP contribution in [0, 0.1) is 6.92 Å². The molecule has 0 aliphatic carbocycles. The third kappa shape index (κ3) is 3.32. The molecule has 0 bridgehead atoms. The highest BCUT2D eigenvalue weighted by molar-refractivity contribution is 9.10. The van der Waals surface area contributed by atoms with Gasteiger partial charge in [0.15, 0.2) is 0 Å². The second kappa shape index (κ2) is 5.69. The maximum atomic E-state index is 12.3. The van der Waals surface area contributed by atoms with E-state index >= 15 is 0 Å². The van der Waals surface area contributed by atoms with Gasteiger partial charge in [-0.15, -0.1) is 0 Å². The van der Waals surface area contributed by atoms with Crippen molar-refractivity contribution in [1.82, 2.24) is 10.0 Å². The molecule has 1 fully saturated rings. The minimum absolute atomic E-state index is 0.0119. The summed E-state index contributed by atoms with van der Waals surface area (Å²) in [5.41, 5.74) is 0.759. The lowest BCUT2D eigenvalue weighted by Gasteiger charge is -2.24. The number of hydrogen-bond donors (Lipinski definition) is 2. The maximum absolute atomic E-state index is 12.3. The van der Waals surface area contributed by atoms with Crippen LogP contribution in [0.2, 0.25) is 0 Å². The van der Waals surface area contributed by atoms with Crippen LogP contribution < -0.4 is 10.0 Å². The number of nitrogens with one attached hydrogen (secondary N) is 2. The molecule has 100 valence electrons. The Bertz CT molecular complexity index is 525. The van der Waals surface area contributed by atoms with Gasteiger partial charge >= 0.3 is 0 Å². The fourth-order valence-electron chi connectivity index (χ4n) is 2.10. The standard InChI is InChI=1S/C12H17BrN2O2S/c1-9-4-5-10(13)7-12(9)18(16,17)15-11-3-2-6-14-8-11/h4-5,7,11,14-15H,2-3,6,8H2,1H3/t11-/m0/s1. The van der Waals surface area contributed by atoms with Gasteiger partial charge in [0.2, 0.25) is 10.0 Å². The molecule has 0 saturated carbocycles. The SMILES string of the molecule is Cc1ccc(Br)cc1S(=O)(=O)N[C@H]1CCCNC1. The van der Waals surface area contributed by atoms with Crippen LogP contribution in [-0.4, -0.2) is 27.5 Å². The molecule has 1 atom stereocenters. The van der Waals surface area contributed by atoms with Crippen LogP contribution >= 0.6 is 15.9 Å². The Morgan fingerprint density at radius 2 is 2.22 bits per heavy atom. The van der Waals surface area contributed by atoms with E-state index in [1.807, 2.05) is 6.07 Å². The number of sulfonamides is 1. The number of aryl methyl sites for hydroxylation is 1. The minimum Gasteiger partial charge on any atom is -0.315 e. The van der Waals surface area contributed by atoms with Crippen molar-refractivity contribution >= 4 is 26.0 Å². The van der Waals surface area contributed by atoms with E-state index in [2.05, 4.69) is 26.0 Å². The minimum atomic E-state index is -3.43. The van der Waals surface area contributed by atoms with Crippen molar-refractivity contribution in [1.29, 1.82) is 0 Å². The molecule has 0 aromatic heterocycles. The molecule has 2 rings (SSSR count). The van der Waals surface area contributed by atoms with Gasteiger partial charge < -0.3 is 5.32 Å². The molecular weight excluding hydrogens is 316 g/mol. The second-order valence-electron chi connectivity index (χ2n) is 4.57. The molecule has 1 saturated heterocycles. The summed E-state index contributed by atoms with van der Waals surface area (Å²) in [5, 5.41) is 3.20.